The molecule has 3 heteroatoms. The van der Waals surface area contributed by atoms with Gasteiger partial charge in [-0.15, -0.1) is 0 Å². The minimum absolute atomic E-state index is 0.632. The van der Waals surface area contributed by atoms with Crippen molar-refractivity contribution >= 4 is 0 Å². The summed E-state index contributed by atoms with van der Waals surface area (Å²) in [5, 5.41) is 3.69. The predicted molar refractivity (Wildman–Crippen MR) is 84.2 cm³/mol. The topological polar surface area (TPSA) is 24.5 Å². The Labute approximate surface area is 123 Å². The van der Waals surface area contributed by atoms with Gasteiger partial charge < -0.3 is 10.1 Å². The standard InChI is InChI=1S/C17H28N2O/c1-4-8-15-13-19(16(5-2)11-18-15)12-14-9-6-7-10-17(14)20-3/h6-7,9-10,15-16,18H,4-5,8,11-13H2,1-3H3. The maximum Gasteiger partial charge on any atom is 0.123 e. The minimum atomic E-state index is 0.632. The first-order valence-corrected chi connectivity index (χ1v) is 7.87. The SMILES string of the molecule is CCCC1CN(Cc2ccccc2OC)C(CC)CN1. The van der Waals surface area contributed by atoms with E-state index in [1.807, 2.05) is 6.07 Å². The van der Waals surface area contributed by atoms with E-state index in [-0.39, 0.29) is 0 Å². The van der Waals surface area contributed by atoms with E-state index in [0.717, 1.165) is 25.4 Å². The second-order valence-electron chi connectivity index (χ2n) is 5.70. The van der Waals surface area contributed by atoms with Gasteiger partial charge in [-0.2, -0.15) is 0 Å². The Balaban J connectivity index is 2.07. The maximum absolute atomic E-state index is 5.49. The molecule has 1 aliphatic rings. The summed E-state index contributed by atoms with van der Waals surface area (Å²) in [7, 11) is 1.76. The zero-order valence-corrected chi connectivity index (χ0v) is 13.1. The van der Waals surface area contributed by atoms with Gasteiger partial charge in [0.05, 0.1) is 7.11 Å². The zero-order valence-electron chi connectivity index (χ0n) is 13.1. The number of rotatable bonds is 6. The molecule has 2 unspecified atom stereocenters. The molecule has 112 valence electrons. The van der Waals surface area contributed by atoms with Crippen LogP contribution in [-0.4, -0.2) is 37.2 Å². The summed E-state index contributed by atoms with van der Waals surface area (Å²) in [6.07, 6.45) is 3.71. The maximum atomic E-state index is 5.49. The molecule has 20 heavy (non-hydrogen) atoms. The van der Waals surface area contributed by atoms with Crippen LogP contribution >= 0.6 is 0 Å². The Hall–Kier alpha value is -1.06. The van der Waals surface area contributed by atoms with Gasteiger partial charge in [-0.05, 0) is 18.9 Å². The Morgan fingerprint density at radius 2 is 2.10 bits per heavy atom. The molecule has 1 aromatic carbocycles. The Kier molecular flexibility index (Phi) is 5.86. The molecule has 1 heterocycles. The molecular formula is C17H28N2O. The number of piperazine rings is 1. The number of hydrogen-bond acceptors (Lipinski definition) is 3. The van der Waals surface area contributed by atoms with Gasteiger partial charge in [0.25, 0.3) is 0 Å². The van der Waals surface area contributed by atoms with Crippen molar-refractivity contribution in [3.05, 3.63) is 29.8 Å². The van der Waals surface area contributed by atoms with E-state index in [0.29, 0.717) is 12.1 Å². The molecule has 1 fully saturated rings. The molecule has 0 radical (unpaired) electrons. The lowest BCUT2D eigenvalue weighted by molar-refractivity contribution is 0.114. The lowest BCUT2D eigenvalue weighted by Crippen LogP contribution is -2.55. The molecule has 0 aromatic heterocycles. The largest absolute Gasteiger partial charge is 0.496 e. The van der Waals surface area contributed by atoms with Crippen LogP contribution < -0.4 is 10.1 Å². The summed E-state index contributed by atoms with van der Waals surface area (Å²) < 4.78 is 5.49. The van der Waals surface area contributed by atoms with Crippen molar-refractivity contribution in [1.29, 1.82) is 0 Å². The first-order valence-electron chi connectivity index (χ1n) is 7.87. The first-order chi connectivity index (χ1) is 9.78. The molecule has 2 rings (SSSR count). The lowest BCUT2D eigenvalue weighted by atomic mass is 10.0. The van der Waals surface area contributed by atoms with Crippen LogP contribution in [0.15, 0.2) is 24.3 Å². The number of benzene rings is 1. The summed E-state index contributed by atoms with van der Waals surface area (Å²) in [6, 6.07) is 9.65. The van der Waals surface area contributed by atoms with Gasteiger partial charge in [0.15, 0.2) is 0 Å². The fraction of sp³-hybridized carbons (Fsp3) is 0.647. The minimum Gasteiger partial charge on any atom is -0.496 e. The highest BCUT2D eigenvalue weighted by Gasteiger charge is 2.26. The molecule has 2 atom stereocenters. The molecule has 1 saturated heterocycles. The van der Waals surface area contributed by atoms with Gasteiger partial charge in [0, 0.05) is 37.3 Å². The molecule has 1 N–H and O–H groups in total. The molecular weight excluding hydrogens is 248 g/mol. The van der Waals surface area contributed by atoms with Crippen LogP contribution in [0, 0.1) is 0 Å². The number of methoxy groups -OCH3 is 1. The van der Waals surface area contributed by atoms with Crippen LogP contribution in [0.2, 0.25) is 0 Å². The number of nitrogens with one attached hydrogen (secondary N) is 1. The normalized spacial score (nSPS) is 23.8. The van der Waals surface area contributed by atoms with Crippen molar-refractivity contribution in [2.45, 2.75) is 51.7 Å². The highest BCUT2D eigenvalue weighted by atomic mass is 16.5. The van der Waals surface area contributed by atoms with Crippen LogP contribution in [0.3, 0.4) is 0 Å². The fourth-order valence-corrected chi connectivity index (χ4v) is 3.12. The van der Waals surface area contributed by atoms with Gasteiger partial charge in [0.2, 0.25) is 0 Å². The second kappa shape index (κ2) is 7.65. The van der Waals surface area contributed by atoms with Gasteiger partial charge >= 0.3 is 0 Å². The monoisotopic (exact) mass is 276 g/mol. The molecule has 0 amide bonds. The van der Waals surface area contributed by atoms with E-state index in [9.17, 15) is 0 Å². The van der Waals surface area contributed by atoms with E-state index >= 15 is 0 Å². The Morgan fingerprint density at radius 1 is 1.30 bits per heavy atom. The van der Waals surface area contributed by atoms with E-state index in [1.54, 1.807) is 7.11 Å². The molecule has 1 aliphatic heterocycles. The van der Waals surface area contributed by atoms with Gasteiger partial charge in [-0.25, -0.2) is 0 Å². The number of nitrogens with zero attached hydrogens (tertiary/aromatic N) is 1. The number of para-hydroxylation sites is 1. The molecule has 0 aliphatic carbocycles. The van der Waals surface area contributed by atoms with Crippen molar-refractivity contribution in [2.75, 3.05) is 20.2 Å². The fourth-order valence-electron chi connectivity index (χ4n) is 3.12. The summed E-state index contributed by atoms with van der Waals surface area (Å²) in [4.78, 5) is 2.62. The number of hydrogen-bond donors (Lipinski definition) is 1. The Morgan fingerprint density at radius 3 is 2.80 bits per heavy atom. The van der Waals surface area contributed by atoms with Crippen molar-refractivity contribution in [3.63, 3.8) is 0 Å². The third-order valence-electron chi connectivity index (χ3n) is 4.29. The van der Waals surface area contributed by atoms with Gasteiger partial charge in [0.1, 0.15) is 5.75 Å². The second-order valence-corrected chi connectivity index (χ2v) is 5.70. The van der Waals surface area contributed by atoms with Gasteiger partial charge in [-0.3, -0.25) is 4.90 Å². The predicted octanol–water partition coefficient (Wildman–Crippen LogP) is 3.05. The third kappa shape index (κ3) is 3.74. The average molecular weight is 276 g/mol. The van der Waals surface area contributed by atoms with Gasteiger partial charge in [-0.1, -0.05) is 38.5 Å². The van der Waals surface area contributed by atoms with E-state index in [1.165, 1.54) is 24.8 Å². The summed E-state index contributed by atoms with van der Waals surface area (Å²) >= 11 is 0. The summed E-state index contributed by atoms with van der Waals surface area (Å²) in [5.74, 6) is 1.01. The van der Waals surface area contributed by atoms with Crippen LogP contribution in [0.1, 0.15) is 38.7 Å². The summed E-state index contributed by atoms with van der Waals surface area (Å²) in [6.45, 7) is 7.78. The highest BCUT2D eigenvalue weighted by molar-refractivity contribution is 5.33. The van der Waals surface area contributed by atoms with Crippen molar-refractivity contribution in [3.8, 4) is 5.75 Å². The van der Waals surface area contributed by atoms with Crippen LogP contribution in [-0.2, 0) is 6.54 Å². The molecule has 3 nitrogen and oxygen atoms in total. The number of ether oxygens (including phenoxy) is 1. The first kappa shape index (κ1) is 15.3. The van der Waals surface area contributed by atoms with E-state index in [2.05, 4.69) is 42.3 Å². The van der Waals surface area contributed by atoms with Crippen molar-refractivity contribution < 1.29 is 4.74 Å². The average Bonchev–Trinajstić information content (AvgIpc) is 2.48. The zero-order chi connectivity index (χ0) is 14.4. The van der Waals surface area contributed by atoms with E-state index < -0.39 is 0 Å². The van der Waals surface area contributed by atoms with Crippen molar-refractivity contribution in [1.82, 2.24) is 10.2 Å². The van der Waals surface area contributed by atoms with E-state index in [4.69, 9.17) is 4.74 Å². The van der Waals surface area contributed by atoms with Crippen molar-refractivity contribution in [2.24, 2.45) is 0 Å². The third-order valence-corrected chi connectivity index (χ3v) is 4.29. The highest BCUT2D eigenvalue weighted by Crippen LogP contribution is 2.22. The molecule has 0 spiro atoms. The molecule has 1 aromatic rings. The lowest BCUT2D eigenvalue weighted by Gasteiger charge is -2.40. The molecule has 0 bridgehead atoms. The van der Waals surface area contributed by atoms with Crippen LogP contribution in [0.5, 0.6) is 5.75 Å². The quantitative estimate of drug-likeness (QED) is 0.864. The van der Waals surface area contributed by atoms with Crippen LogP contribution in [0.25, 0.3) is 0 Å². The van der Waals surface area contributed by atoms with Crippen LogP contribution in [0.4, 0.5) is 0 Å². The molecule has 0 saturated carbocycles. The Bertz CT molecular complexity index is 408. The smallest absolute Gasteiger partial charge is 0.123 e. The summed E-state index contributed by atoms with van der Waals surface area (Å²) in [5.41, 5.74) is 1.30.